The summed E-state index contributed by atoms with van der Waals surface area (Å²) in [4.78, 5) is 48.8. The Labute approximate surface area is 146 Å². The van der Waals surface area contributed by atoms with E-state index in [1.54, 1.807) is 24.3 Å². The first-order valence-corrected chi connectivity index (χ1v) is 8.22. The Bertz CT molecular complexity index is 700. The number of aliphatic carboxylic acids is 1. The minimum Gasteiger partial charge on any atom is -0.480 e. The van der Waals surface area contributed by atoms with Crippen LogP contribution >= 0.6 is 0 Å². The van der Waals surface area contributed by atoms with E-state index in [0.717, 1.165) is 0 Å². The maximum atomic E-state index is 13.0. The molecule has 0 bridgehead atoms. The van der Waals surface area contributed by atoms with Crippen molar-refractivity contribution in [1.82, 2.24) is 10.2 Å². The van der Waals surface area contributed by atoms with Crippen LogP contribution in [0.3, 0.4) is 0 Å². The lowest BCUT2D eigenvalue weighted by Gasteiger charge is -2.32. The molecule has 2 amide bonds. The van der Waals surface area contributed by atoms with Gasteiger partial charge >= 0.3 is 5.97 Å². The van der Waals surface area contributed by atoms with E-state index in [4.69, 9.17) is 0 Å². The van der Waals surface area contributed by atoms with E-state index in [1.165, 1.54) is 18.7 Å². The van der Waals surface area contributed by atoms with Crippen molar-refractivity contribution < 1.29 is 24.3 Å². The molecular weight excluding hydrogens is 324 g/mol. The van der Waals surface area contributed by atoms with E-state index in [9.17, 15) is 24.3 Å². The molecule has 0 saturated heterocycles. The van der Waals surface area contributed by atoms with Crippen LogP contribution in [0.1, 0.15) is 48.5 Å². The van der Waals surface area contributed by atoms with Crippen LogP contribution in [-0.2, 0) is 14.4 Å². The van der Waals surface area contributed by atoms with Crippen molar-refractivity contribution in [2.24, 2.45) is 0 Å². The lowest BCUT2D eigenvalue weighted by molar-refractivity contribution is -0.150. The van der Waals surface area contributed by atoms with Crippen LogP contribution in [0.4, 0.5) is 0 Å². The Morgan fingerprint density at radius 3 is 2.64 bits per heavy atom. The van der Waals surface area contributed by atoms with Crippen molar-refractivity contribution in [3.05, 3.63) is 35.4 Å². The molecule has 134 valence electrons. The minimum absolute atomic E-state index is 0.00395. The summed E-state index contributed by atoms with van der Waals surface area (Å²) < 4.78 is 0. The molecule has 7 heteroatoms. The Balaban J connectivity index is 2.26. The first-order chi connectivity index (χ1) is 11.8. The number of nitrogens with one attached hydrogen (secondary N) is 1. The van der Waals surface area contributed by atoms with E-state index in [1.807, 2.05) is 0 Å². The van der Waals surface area contributed by atoms with Crippen LogP contribution in [0, 0.1) is 0 Å². The van der Waals surface area contributed by atoms with Crippen LogP contribution in [0.5, 0.6) is 0 Å². The minimum atomic E-state index is -1.11. The Hall–Kier alpha value is -2.70. The molecule has 0 radical (unpaired) electrons. The zero-order valence-corrected chi connectivity index (χ0v) is 14.3. The Kier molecular flexibility index (Phi) is 5.90. The predicted molar refractivity (Wildman–Crippen MR) is 90.2 cm³/mol. The highest BCUT2D eigenvalue weighted by molar-refractivity contribution is 6.02. The molecule has 0 fully saturated rings. The van der Waals surface area contributed by atoms with Crippen molar-refractivity contribution in [1.29, 1.82) is 0 Å². The number of fused-ring (bicyclic) bond motifs is 1. The van der Waals surface area contributed by atoms with Gasteiger partial charge < -0.3 is 15.3 Å². The van der Waals surface area contributed by atoms with Gasteiger partial charge in [0.15, 0.2) is 5.78 Å². The van der Waals surface area contributed by atoms with Gasteiger partial charge in [0, 0.05) is 32.0 Å². The number of carbonyl (C=O) groups excluding carboxylic acids is 3. The first kappa shape index (κ1) is 18.6. The van der Waals surface area contributed by atoms with E-state index in [2.05, 4.69) is 5.32 Å². The van der Waals surface area contributed by atoms with E-state index >= 15 is 0 Å². The smallest absolute Gasteiger partial charge is 0.326 e. The molecule has 2 atom stereocenters. The monoisotopic (exact) mass is 346 g/mol. The molecule has 0 heterocycles. The number of rotatable bonds is 6. The van der Waals surface area contributed by atoms with Crippen molar-refractivity contribution in [3.8, 4) is 0 Å². The highest BCUT2D eigenvalue weighted by atomic mass is 16.4. The average molecular weight is 346 g/mol. The summed E-state index contributed by atoms with van der Waals surface area (Å²) in [6.07, 6.45) is 0.617. The zero-order chi connectivity index (χ0) is 18.6. The second kappa shape index (κ2) is 7.92. The van der Waals surface area contributed by atoms with Gasteiger partial charge in [-0.15, -0.1) is 0 Å². The molecule has 0 saturated carbocycles. The highest BCUT2D eigenvalue weighted by Crippen LogP contribution is 2.33. The summed E-state index contributed by atoms with van der Waals surface area (Å²) in [6.45, 7) is 3.06. The maximum absolute atomic E-state index is 13.0. The predicted octanol–water partition coefficient (Wildman–Crippen LogP) is 1.18. The lowest BCUT2D eigenvalue weighted by atomic mass is 9.81. The van der Waals surface area contributed by atoms with Gasteiger partial charge in [-0.2, -0.15) is 0 Å². The lowest BCUT2D eigenvalue weighted by Crippen LogP contribution is -2.49. The number of carbonyl (C=O) groups is 4. The average Bonchev–Trinajstić information content (AvgIpc) is 2.58. The second-order valence-electron chi connectivity index (χ2n) is 6.13. The number of ketones is 1. The fourth-order valence-electron chi connectivity index (χ4n) is 3.06. The Morgan fingerprint density at radius 1 is 1.32 bits per heavy atom. The van der Waals surface area contributed by atoms with Crippen LogP contribution < -0.4 is 5.32 Å². The van der Waals surface area contributed by atoms with Crippen LogP contribution in [-0.4, -0.2) is 52.7 Å². The molecule has 2 N–H and O–H groups in total. The number of benzene rings is 1. The van der Waals surface area contributed by atoms with Crippen molar-refractivity contribution in [3.63, 3.8) is 0 Å². The maximum Gasteiger partial charge on any atom is 0.326 e. The molecule has 25 heavy (non-hydrogen) atoms. The third kappa shape index (κ3) is 4.23. The third-order valence-electron chi connectivity index (χ3n) is 4.43. The molecular formula is C18H22N2O5. The fourth-order valence-corrected chi connectivity index (χ4v) is 3.06. The number of amides is 2. The number of nitrogens with zero attached hydrogens (tertiary/aromatic N) is 1. The standard InChI is InChI=1S/C18H22N2O5/c1-11(18(24)25)20(10-9-19-12(2)21)17(23)15-7-8-16(22)14-6-4-3-5-13(14)15/h3-6,11,15H,7-10H2,1-2H3,(H,19,21)(H,24,25). The zero-order valence-electron chi connectivity index (χ0n) is 14.3. The molecule has 2 rings (SSSR count). The molecule has 0 spiro atoms. The van der Waals surface area contributed by atoms with E-state index in [-0.39, 0.29) is 37.1 Å². The van der Waals surface area contributed by atoms with Gasteiger partial charge in [-0.3, -0.25) is 14.4 Å². The van der Waals surface area contributed by atoms with Gasteiger partial charge in [0.2, 0.25) is 11.8 Å². The van der Waals surface area contributed by atoms with Gasteiger partial charge in [0.25, 0.3) is 0 Å². The first-order valence-electron chi connectivity index (χ1n) is 8.22. The van der Waals surface area contributed by atoms with E-state index in [0.29, 0.717) is 17.5 Å². The number of Topliss-reactive ketones (excluding diaryl/α,β-unsaturated/α-hetero) is 1. The molecule has 1 aliphatic rings. The molecule has 0 aliphatic heterocycles. The molecule has 1 aliphatic carbocycles. The molecule has 1 aromatic rings. The second-order valence-corrected chi connectivity index (χ2v) is 6.13. The summed E-state index contributed by atoms with van der Waals surface area (Å²) in [6, 6.07) is 5.93. The third-order valence-corrected chi connectivity index (χ3v) is 4.43. The van der Waals surface area contributed by atoms with E-state index < -0.39 is 17.9 Å². The molecule has 2 unspecified atom stereocenters. The topological polar surface area (TPSA) is 104 Å². The number of hydrogen-bond donors (Lipinski definition) is 2. The SMILES string of the molecule is CC(=O)NCCN(C(=O)C1CCC(=O)c2ccccc21)C(C)C(=O)O. The summed E-state index contributed by atoms with van der Waals surface area (Å²) in [7, 11) is 0. The number of carboxylic acids is 1. The molecule has 1 aromatic carbocycles. The van der Waals surface area contributed by atoms with Crippen LogP contribution in [0.15, 0.2) is 24.3 Å². The van der Waals surface area contributed by atoms with Crippen molar-refractivity contribution >= 4 is 23.6 Å². The summed E-state index contributed by atoms with van der Waals surface area (Å²) >= 11 is 0. The van der Waals surface area contributed by atoms with Gasteiger partial charge in [-0.25, -0.2) is 4.79 Å². The van der Waals surface area contributed by atoms with Crippen LogP contribution in [0.25, 0.3) is 0 Å². The highest BCUT2D eigenvalue weighted by Gasteiger charge is 2.35. The number of hydrogen-bond acceptors (Lipinski definition) is 4. The Morgan fingerprint density at radius 2 is 2.00 bits per heavy atom. The van der Waals surface area contributed by atoms with Crippen molar-refractivity contribution in [2.45, 2.75) is 38.6 Å². The van der Waals surface area contributed by atoms with Gasteiger partial charge in [0.05, 0.1) is 5.92 Å². The normalized spacial score (nSPS) is 17.4. The fraction of sp³-hybridized carbons (Fsp3) is 0.444. The quantitative estimate of drug-likeness (QED) is 0.805. The van der Waals surface area contributed by atoms with Gasteiger partial charge in [-0.1, -0.05) is 24.3 Å². The van der Waals surface area contributed by atoms with Crippen LogP contribution in [0.2, 0.25) is 0 Å². The van der Waals surface area contributed by atoms with Gasteiger partial charge in [-0.05, 0) is 18.9 Å². The molecule has 7 nitrogen and oxygen atoms in total. The van der Waals surface area contributed by atoms with Gasteiger partial charge in [0.1, 0.15) is 6.04 Å². The number of carboxylic acid groups (broad SMARTS) is 1. The summed E-state index contributed by atoms with van der Waals surface area (Å²) in [5.74, 6) is -2.25. The molecule has 0 aromatic heterocycles. The summed E-state index contributed by atoms with van der Waals surface area (Å²) in [5.41, 5.74) is 1.17. The summed E-state index contributed by atoms with van der Waals surface area (Å²) in [5, 5.41) is 11.9. The largest absolute Gasteiger partial charge is 0.480 e. The van der Waals surface area contributed by atoms with Crippen molar-refractivity contribution in [2.75, 3.05) is 13.1 Å².